The lowest BCUT2D eigenvalue weighted by molar-refractivity contribution is -0.130. The van der Waals surface area contributed by atoms with Crippen LogP contribution >= 0.6 is 15.9 Å². The number of hydrogen-bond acceptors (Lipinski definition) is 5. The lowest BCUT2D eigenvalue weighted by Crippen LogP contribution is -2.47. The smallest absolute Gasteiger partial charge is 0.231 e. The van der Waals surface area contributed by atoms with Gasteiger partial charge in [-0.1, -0.05) is 28.1 Å². The summed E-state index contributed by atoms with van der Waals surface area (Å²) in [6, 6.07) is 11.5. The molecule has 1 amide bonds. The number of ether oxygens (including phenoxy) is 4. The molecule has 2 aromatic carbocycles. The van der Waals surface area contributed by atoms with Crippen molar-refractivity contribution < 1.29 is 23.7 Å². The molecule has 0 atom stereocenters. The first-order valence-corrected chi connectivity index (χ1v) is 10.2. The van der Waals surface area contributed by atoms with E-state index in [2.05, 4.69) is 21.2 Å². The van der Waals surface area contributed by atoms with Gasteiger partial charge in [0.2, 0.25) is 5.91 Å². The summed E-state index contributed by atoms with van der Waals surface area (Å²) < 4.78 is 22.7. The minimum absolute atomic E-state index is 0.0139. The van der Waals surface area contributed by atoms with Crippen molar-refractivity contribution in [2.75, 3.05) is 34.5 Å². The molecule has 1 saturated heterocycles. The van der Waals surface area contributed by atoms with E-state index in [1.165, 1.54) is 0 Å². The molecule has 0 saturated carbocycles. The van der Waals surface area contributed by atoms with Gasteiger partial charge in [0, 0.05) is 35.9 Å². The summed E-state index contributed by atoms with van der Waals surface area (Å²) in [4.78, 5) is 13.4. The Morgan fingerprint density at radius 2 is 1.59 bits per heavy atom. The van der Waals surface area contributed by atoms with Crippen LogP contribution in [0.1, 0.15) is 24.0 Å². The van der Waals surface area contributed by atoms with E-state index < -0.39 is 5.41 Å². The standard InChI is InChI=1S/C22H26BrNO5/c1-26-18-13-20(28-3)19(27-2)12-15(18)14-24-21(25)22(8-10-29-11-9-22)16-4-6-17(23)7-5-16/h4-7,12-13H,8-11,14H2,1-3H3,(H,24,25). The predicted molar refractivity (Wildman–Crippen MR) is 114 cm³/mol. The number of halogens is 1. The van der Waals surface area contributed by atoms with Crippen molar-refractivity contribution >= 4 is 21.8 Å². The first-order valence-electron chi connectivity index (χ1n) is 9.45. The summed E-state index contributed by atoms with van der Waals surface area (Å²) in [6.45, 7) is 1.44. The number of rotatable bonds is 7. The van der Waals surface area contributed by atoms with E-state index in [9.17, 15) is 4.79 Å². The molecular weight excluding hydrogens is 438 g/mol. The Hall–Kier alpha value is -2.25. The summed E-state index contributed by atoms with van der Waals surface area (Å²) in [5, 5.41) is 3.10. The van der Waals surface area contributed by atoms with Gasteiger partial charge in [0.1, 0.15) is 5.75 Å². The monoisotopic (exact) mass is 463 g/mol. The molecule has 6 nitrogen and oxygen atoms in total. The third kappa shape index (κ3) is 4.51. The highest BCUT2D eigenvalue weighted by atomic mass is 79.9. The molecule has 29 heavy (non-hydrogen) atoms. The lowest BCUT2D eigenvalue weighted by atomic mass is 9.73. The molecule has 0 unspecified atom stereocenters. The van der Waals surface area contributed by atoms with E-state index in [0.717, 1.165) is 15.6 Å². The van der Waals surface area contributed by atoms with Gasteiger partial charge in [-0.3, -0.25) is 4.79 Å². The van der Waals surface area contributed by atoms with Crippen molar-refractivity contribution in [3.63, 3.8) is 0 Å². The fourth-order valence-corrected chi connectivity index (χ4v) is 3.98. The molecule has 0 aromatic heterocycles. The highest BCUT2D eigenvalue weighted by Gasteiger charge is 2.41. The highest BCUT2D eigenvalue weighted by molar-refractivity contribution is 9.10. The molecule has 7 heteroatoms. The first-order chi connectivity index (χ1) is 14.0. The van der Waals surface area contributed by atoms with Gasteiger partial charge in [-0.25, -0.2) is 0 Å². The first kappa shape index (κ1) is 21.5. The Bertz CT molecular complexity index is 847. The largest absolute Gasteiger partial charge is 0.496 e. The van der Waals surface area contributed by atoms with Crippen LogP contribution < -0.4 is 19.5 Å². The second-order valence-corrected chi connectivity index (χ2v) is 7.82. The topological polar surface area (TPSA) is 66.0 Å². The van der Waals surface area contributed by atoms with Gasteiger partial charge in [0.25, 0.3) is 0 Å². The van der Waals surface area contributed by atoms with E-state index in [4.69, 9.17) is 18.9 Å². The molecule has 1 aliphatic heterocycles. The van der Waals surface area contributed by atoms with Crippen molar-refractivity contribution in [3.8, 4) is 17.2 Å². The van der Waals surface area contributed by atoms with Crippen molar-refractivity contribution in [3.05, 3.63) is 52.0 Å². The minimum Gasteiger partial charge on any atom is -0.496 e. The summed E-state index contributed by atoms with van der Waals surface area (Å²) in [5.74, 6) is 1.79. The molecule has 0 bridgehead atoms. The molecule has 0 radical (unpaired) electrons. The Labute approximate surface area is 179 Å². The number of carbonyl (C=O) groups is 1. The van der Waals surface area contributed by atoms with Crippen molar-refractivity contribution in [1.29, 1.82) is 0 Å². The predicted octanol–water partition coefficient (Wildman–Crippen LogP) is 3.84. The van der Waals surface area contributed by atoms with Gasteiger partial charge in [-0.05, 0) is 36.6 Å². The summed E-state index contributed by atoms with van der Waals surface area (Å²) in [7, 11) is 4.75. The van der Waals surface area contributed by atoms with Crippen LogP contribution in [0.3, 0.4) is 0 Å². The van der Waals surface area contributed by atoms with Crippen LogP contribution in [0.25, 0.3) is 0 Å². The molecule has 2 aromatic rings. The number of carbonyl (C=O) groups excluding carboxylic acids is 1. The Morgan fingerprint density at radius 3 is 2.17 bits per heavy atom. The third-order valence-electron chi connectivity index (χ3n) is 5.40. The van der Waals surface area contributed by atoms with Gasteiger partial charge in [0.15, 0.2) is 11.5 Å². The fraction of sp³-hybridized carbons (Fsp3) is 0.409. The van der Waals surface area contributed by atoms with Crippen LogP contribution in [-0.4, -0.2) is 40.5 Å². The summed E-state index contributed by atoms with van der Waals surface area (Å²) in [6.07, 6.45) is 1.28. The maximum atomic E-state index is 13.4. The average molecular weight is 464 g/mol. The molecule has 0 spiro atoms. The van der Waals surface area contributed by atoms with Gasteiger partial charge in [0.05, 0.1) is 26.7 Å². The highest BCUT2D eigenvalue weighted by Crippen LogP contribution is 2.37. The normalized spacial score (nSPS) is 15.4. The van der Waals surface area contributed by atoms with Crippen LogP contribution in [0.15, 0.2) is 40.9 Å². The van der Waals surface area contributed by atoms with Crippen molar-refractivity contribution in [2.45, 2.75) is 24.8 Å². The van der Waals surface area contributed by atoms with Crippen LogP contribution in [-0.2, 0) is 21.5 Å². The quantitative estimate of drug-likeness (QED) is 0.675. The van der Waals surface area contributed by atoms with Crippen LogP contribution in [0, 0.1) is 0 Å². The Balaban J connectivity index is 1.85. The molecule has 156 valence electrons. The minimum atomic E-state index is -0.608. The molecule has 1 fully saturated rings. The van der Waals surface area contributed by atoms with Gasteiger partial charge in [-0.2, -0.15) is 0 Å². The van der Waals surface area contributed by atoms with Crippen LogP contribution in [0.4, 0.5) is 0 Å². The average Bonchev–Trinajstić information content (AvgIpc) is 2.77. The number of methoxy groups -OCH3 is 3. The zero-order valence-corrected chi connectivity index (χ0v) is 18.5. The van der Waals surface area contributed by atoms with E-state index in [0.29, 0.717) is 49.8 Å². The number of hydrogen-bond donors (Lipinski definition) is 1. The van der Waals surface area contributed by atoms with E-state index >= 15 is 0 Å². The zero-order valence-electron chi connectivity index (χ0n) is 16.9. The van der Waals surface area contributed by atoms with E-state index in [-0.39, 0.29) is 5.91 Å². The second kappa shape index (κ2) is 9.50. The van der Waals surface area contributed by atoms with Crippen LogP contribution in [0.5, 0.6) is 17.2 Å². The molecule has 1 N–H and O–H groups in total. The molecule has 0 aliphatic carbocycles. The van der Waals surface area contributed by atoms with E-state index in [1.54, 1.807) is 27.4 Å². The number of benzene rings is 2. The molecule has 3 rings (SSSR count). The maximum Gasteiger partial charge on any atom is 0.231 e. The number of amides is 1. The van der Waals surface area contributed by atoms with Crippen molar-refractivity contribution in [2.24, 2.45) is 0 Å². The second-order valence-electron chi connectivity index (χ2n) is 6.90. The van der Waals surface area contributed by atoms with Gasteiger partial charge in [-0.15, -0.1) is 0 Å². The fourth-order valence-electron chi connectivity index (χ4n) is 3.71. The molecule has 1 heterocycles. The van der Waals surface area contributed by atoms with E-state index in [1.807, 2.05) is 30.3 Å². The SMILES string of the molecule is COc1cc(OC)c(OC)cc1CNC(=O)C1(c2ccc(Br)cc2)CCOCC1. The zero-order chi connectivity index (χ0) is 20.9. The Kier molecular flexibility index (Phi) is 7.03. The Morgan fingerprint density at radius 1 is 1.00 bits per heavy atom. The molecular formula is C22H26BrNO5. The third-order valence-corrected chi connectivity index (χ3v) is 5.93. The van der Waals surface area contributed by atoms with Gasteiger partial charge >= 0.3 is 0 Å². The van der Waals surface area contributed by atoms with Crippen LogP contribution in [0.2, 0.25) is 0 Å². The maximum absolute atomic E-state index is 13.4. The summed E-state index contributed by atoms with van der Waals surface area (Å²) >= 11 is 3.47. The van der Waals surface area contributed by atoms with Gasteiger partial charge < -0.3 is 24.3 Å². The molecule has 1 aliphatic rings. The lowest BCUT2D eigenvalue weighted by Gasteiger charge is -2.36. The number of nitrogens with one attached hydrogen (secondary N) is 1. The summed E-state index contributed by atoms with van der Waals surface area (Å²) in [5.41, 5.74) is 1.21. The van der Waals surface area contributed by atoms with Crippen molar-refractivity contribution in [1.82, 2.24) is 5.32 Å².